The minimum absolute atomic E-state index is 0.0545. The largest absolute Gasteiger partial charge is 0.374 e. The molecule has 1 saturated heterocycles. The molecule has 1 aliphatic heterocycles. The summed E-state index contributed by atoms with van der Waals surface area (Å²) < 4.78 is 48.2. The quantitative estimate of drug-likeness (QED) is 0.412. The Balaban J connectivity index is 1.53. The average Bonchev–Trinajstić information content (AvgIpc) is 2.77. The van der Waals surface area contributed by atoms with Crippen molar-refractivity contribution in [2.75, 3.05) is 6.61 Å². The first kappa shape index (κ1) is 20.4. The first-order valence-corrected chi connectivity index (χ1v) is 10.2. The van der Waals surface area contributed by atoms with Crippen molar-refractivity contribution in [3.8, 4) is 22.3 Å². The van der Waals surface area contributed by atoms with E-state index in [1.54, 1.807) is 24.3 Å². The van der Waals surface area contributed by atoms with Gasteiger partial charge in [0.2, 0.25) is 0 Å². The van der Waals surface area contributed by atoms with Gasteiger partial charge in [-0.3, -0.25) is 0 Å². The van der Waals surface area contributed by atoms with Crippen molar-refractivity contribution >= 4 is 0 Å². The van der Waals surface area contributed by atoms with Crippen molar-refractivity contribution < 1.29 is 17.9 Å². The lowest BCUT2D eigenvalue weighted by Crippen LogP contribution is -2.23. The van der Waals surface area contributed by atoms with Crippen LogP contribution in [0.15, 0.2) is 72.8 Å². The molecular formula is C26H23F3O. The molecule has 3 aromatic carbocycles. The molecule has 3 aromatic rings. The Morgan fingerprint density at radius 2 is 1.57 bits per heavy atom. The summed E-state index contributed by atoms with van der Waals surface area (Å²) in [6, 6.07) is 16.4. The summed E-state index contributed by atoms with van der Waals surface area (Å²) in [5.74, 6) is -1.94. The van der Waals surface area contributed by atoms with E-state index in [1.807, 2.05) is 31.2 Å². The van der Waals surface area contributed by atoms with Gasteiger partial charge in [0.15, 0.2) is 11.6 Å². The third-order valence-electron chi connectivity index (χ3n) is 5.64. The van der Waals surface area contributed by atoms with E-state index in [9.17, 15) is 13.2 Å². The van der Waals surface area contributed by atoms with Crippen LogP contribution in [-0.2, 0) is 4.74 Å². The molecule has 0 radical (unpaired) electrons. The van der Waals surface area contributed by atoms with Gasteiger partial charge >= 0.3 is 0 Å². The molecule has 30 heavy (non-hydrogen) atoms. The van der Waals surface area contributed by atoms with E-state index in [0.29, 0.717) is 17.7 Å². The zero-order chi connectivity index (χ0) is 21.1. The predicted octanol–water partition coefficient (Wildman–Crippen LogP) is 7.28. The zero-order valence-corrected chi connectivity index (χ0v) is 16.7. The fourth-order valence-electron chi connectivity index (χ4n) is 3.99. The van der Waals surface area contributed by atoms with E-state index >= 15 is 0 Å². The summed E-state index contributed by atoms with van der Waals surface area (Å²) in [7, 11) is 0. The van der Waals surface area contributed by atoms with Gasteiger partial charge in [-0.1, -0.05) is 60.7 Å². The fourth-order valence-corrected chi connectivity index (χ4v) is 3.99. The third-order valence-corrected chi connectivity index (χ3v) is 5.64. The van der Waals surface area contributed by atoms with E-state index in [1.165, 1.54) is 18.2 Å². The highest BCUT2D eigenvalue weighted by molar-refractivity contribution is 5.71. The molecule has 4 rings (SSSR count). The Labute approximate surface area is 174 Å². The van der Waals surface area contributed by atoms with Gasteiger partial charge in [-0.15, -0.1) is 0 Å². The van der Waals surface area contributed by atoms with Gasteiger partial charge in [0.1, 0.15) is 5.82 Å². The number of allylic oxidation sites excluding steroid dienone is 1. The van der Waals surface area contributed by atoms with Crippen molar-refractivity contribution in [1.29, 1.82) is 0 Å². The smallest absolute Gasteiger partial charge is 0.166 e. The average molecular weight is 408 g/mol. The van der Waals surface area contributed by atoms with Crippen LogP contribution in [0.25, 0.3) is 22.3 Å². The molecule has 1 fully saturated rings. The van der Waals surface area contributed by atoms with Gasteiger partial charge in [-0.05, 0) is 54.2 Å². The summed E-state index contributed by atoms with van der Waals surface area (Å²) in [4.78, 5) is 0. The van der Waals surface area contributed by atoms with Crippen molar-refractivity contribution in [2.45, 2.75) is 31.8 Å². The maximum Gasteiger partial charge on any atom is 0.166 e. The van der Waals surface area contributed by atoms with Crippen molar-refractivity contribution in [1.82, 2.24) is 0 Å². The molecule has 0 saturated carbocycles. The van der Waals surface area contributed by atoms with Crippen LogP contribution >= 0.6 is 0 Å². The molecule has 154 valence electrons. The van der Waals surface area contributed by atoms with E-state index in [0.717, 1.165) is 30.0 Å². The highest BCUT2D eigenvalue weighted by atomic mass is 19.2. The van der Waals surface area contributed by atoms with Crippen LogP contribution in [0.3, 0.4) is 0 Å². The van der Waals surface area contributed by atoms with E-state index in [2.05, 4.69) is 0 Å². The maximum atomic E-state index is 14.8. The van der Waals surface area contributed by atoms with Crippen LogP contribution in [0.5, 0.6) is 0 Å². The Bertz CT molecular complexity index is 1050. The molecule has 0 aliphatic carbocycles. The monoisotopic (exact) mass is 408 g/mol. The van der Waals surface area contributed by atoms with Crippen LogP contribution in [0.2, 0.25) is 0 Å². The first-order chi connectivity index (χ1) is 14.6. The van der Waals surface area contributed by atoms with Gasteiger partial charge in [-0.25, -0.2) is 13.2 Å². The highest BCUT2D eigenvalue weighted by Gasteiger charge is 2.23. The molecule has 1 heterocycles. The molecule has 0 bridgehead atoms. The predicted molar refractivity (Wildman–Crippen MR) is 114 cm³/mol. The lowest BCUT2D eigenvalue weighted by Gasteiger charge is -2.28. The second-order valence-corrected chi connectivity index (χ2v) is 7.59. The zero-order valence-electron chi connectivity index (χ0n) is 16.7. The van der Waals surface area contributed by atoms with Crippen LogP contribution in [-0.4, -0.2) is 12.7 Å². The van der Waals surface area contributed by atoms with Crippen LogP contribution in [0, 0.1) is 17.5 Å². The summed E-state index contributed by atoms with van der Waals surface area (Å²) in [6.07, 6.45) is 5.91. The number of hydrogen-bond acceptors (Lipinski definition) is 1. The first-order valence-electron chi connectivity index (χ1n) is 10.2. The van der Waals surface area contributed by atoms with Crippen molar-refractivity contribution in [3.05, 3.63) is 95.8 Å². The summed E-state index contributed by atoms with van der Waals surface area (Å²) in [5.41, 5.74) is 3.01. The standard InChI is InChI=1S/C26H23F3O/c1-2-4-21-13-11-20(16-30-21)22-14-12-19(15-25(22)28)17-7-9-18(10-8-17)23-5-3-6-24(27)26(23)29/h2-10,12,14-15,20-21H,11,13,16H2,1H3/b4-2+. The fraction of sp³-hybridized carbons (Fsp3) is 0.231. The molecule has 0 spiro atoms. The Hall–Kier alpha value is -2.85. The summed E-state index contributed by atoms with van der Waals surface area (Å²) >= 11 is 0. The van der Waals surface area contributed by atoms with Gasteiger partial charge in [0.05, 0.1) is 12.7 Å². The second kappa shape index (κ2) is 8.88. The number of halogens is 3. The molecule has 2 unspecified atom stereocenters. The normalized spacial score (nSPS) is 19.3. The lowest BCUT2D eigenvalue weighted by molar-refractivity contribution is 0.0319. The van der Waals surface area contributed by atoms with Gasteiger partial charge in [0.25, 0.3) is 0 Å². The number of ether oxygens (including phenoxy) is 1. The van der Waals surface area contributed by atoms with E-state index in [-0.39, 0.29) is 23.4 Å². The lowest BCUT2D eigenvalue weighted by atomic mass is 9.89. The Morgan fingerprint density at radius 1 is 0.833 bits per heavy atom. The van der Waals surface area contributed by atoms with Crippen molar-refractivity contribution in [2.24, 2.45) is 0 Å². The number of rotatable bonds is 4. The number of hydrogen-bond donors (Lipinski definition) is 0. The summed E-state index contributed by atoms with van der Waals surface area (Å²) in [6.45, 7) is 2.48. The number of benzene rings is 3. The molecule has 0 aromatic heterocycles. The van der Waals surface area contributed by atoms with E-state index in [4.69, 9.17) is 4.74 Å². The molecule has 1 nitrogen and oxygen atoms in total. The van der Waals surface area contributed by atoms with Crippen LogP contribution in [0.4, 0.5) is 13.2 Å². The summed E-state index contributed by atoms with van der Waals surface area (Å²) in [5, 5.41) is 0. The molecule has 2 atom stereocenters. The second-order valence-electron chi connectivity index (χ2n) is 7.59. The van der Waals surface area contributed by atoms with Gasteiger partial charge in [-0.2, -0.15) is 0 Å². The SMILES string of the molecule is C/C=C/C1CCC(c2ccc(-c3ccc(-c4cccc(F)c4F)cc3)cc2F)CO1. The molecular weight excluding hydrogens is 385 g/mol. The van der Waals surface area contributed by atoms with Crippen LogP contribution < -0.4 is 0 Å². The van der Waals surface area contributed by atoms with Gasteiger partial charge in [0, 0.05) is 11.5 Å². The minimum atomic E-state index is -0.877. The topological polar surface area (TPSA) is 9.23 Å². The molecule has 0 amide bonds. The minimum Gasteiger partial charge on any atom is -0.374 e. The highest BCUT2D eigenvalue weighted by Crippen LogP contribution is 2.33. The van der Waals surface area contributed by atoms with E-state index < -0.39 is 11.6 Å². The van der Waals surface area contributed by atoms with Gasteiger partial charge < -0.3 is 4.74 Å². The molecule has 1 aliphatic rings. The maximum absolute atomic E-state index is 14.8. The molecule has 4 heteroatoms. The third kappa shape index (κ3) is 4.19. The van der Waals surface area contributed by atoms with Crippen LogP contribution in [0.1, 0.15) is 31.2 Å². The van der Waals surface area contributed by atoms with Crippen molar-refractivity contribution in [3.63, 3.8) is 0 Å². The Kier molecular flexibility index (Phi) is 6.05. The molecule has 0 N–H and O–H groups in total. The Morgan fingerprint density at radius 3 is 2.23 bits per heavy atom.